The van der Waals surface area contributed by atoms with Crippen LogP contribution in [0.1, 0.15) is 31.1 Å². The van der Waals surface area contributed by atoms with Gasteiger partial charge in [0.1, 0.15) is 0 Å². The van der Waals surface area contributed by atoms with Crippen molar-refractivity contribution in [2.24, 2.45) is 5.73 Å². The Balaban J connectivity index is 1.90. The molecule has 19 heavy (non-hydrogen) atoms. The average Bonchev–Trinajstić information content (AvgIpc) is 3.01. The maximum absolute atomic E-state index is 13.2. The molecule has 0 aliphatic heterocycles. The summed E-state index contributed by atoms with van der Waals surface area (Å²) in [5.74, 6) is -1.03. The van der Waals surface area contributed by atoms with Gasteiger partial charge in [-0.25, -0.2) is 8.78 Å². The summed E-state index contributed by atoms with van der Waals surface area (Å²) in [7, 11) is 0. The SMILES string of the molecule is NC1CCCC1c1nc(-c2ccc(F)c(F)c2)no1. The van der Waals surface area contributed by atoms with Crippen LogP contribution in [0.25, 0.3) is 11.4 Å². The van der Waals surface area contributed by atoms with Crippen LogP contribution >= 0.6 is 0 Å². The van der Waals surface area contributed by atoms with E-state index in [2.05, 4.69) is 10.1 Å². The Kier molecular flexibility index (Phi) is 3.02. The number of hydrogen-bond acceptors (Lipinski definition) is 4. The Morgan fingerprint density at radius 3 is 2.74 bits per heavy atom. The normalized spacial score (nSPS) is 22.9. The Bertz CT molecular complexity index is 599. The van der Waals surface area contributed by atoms with Gasteiger partial charge in [-0.15, -0.1) is 0 Å². The van der Waals surface area contributed by atoms with Gasteiger partial charge in [0, 0.05) is 11.6 Å². The van der Waals surface area contributed by atoms with Crippen molar-refractivity contribution in [1.29, 1.82) is 0 Å². The monoisotopic (exact) mass is 265 g/mol. The predicted molar refractivity (Wildman–Crippen MR) is 64.2 cm³/mol. The lowest BCUT2D eigenvalue weighted by atomic mass is 10.1. The highest BCUT2D eigenvalue weighted by Crippen LogP contribution is 2.33. The Labute approximate surface area is 108 Å². The Morgan fingerprint density at radius 2 is 2.05 bits per heavy atom. The summed E-state index contributed by atoms with van der Waals surface area (Å²) in [6.45, 7) is 0. The molecule has 1 aliphatic rings. The minimum atomic E-state index is -0.929. The number of rotatable bonds is 2. The van der Waals surface area contributed by atoms with Gasteiger partial charge in [-0.1, -0.05) is 11.6 Å². The molecule has 4 nitrogen and oxygen atoms in total. The van der Waals surface area contributed by atoms with E-state index in [0.29, 0.717) is 11.5 Å². The van der Waals surface area contributed by atoms with Gasteiger partial charge in [-0.2, -0.15) is 4.98 Å². The third kappa shape index (κ3) is 2.23. The highest BCUT2D eigenvalue weighted by atomic mass is 19.2. The third-order valence-corrected chi connectivity index (χ3v) is 3.51. The molecule has 0 amide bonds. The summed E-state index contributed by atoms with van der Waals surface area (Å²) in [5, 5.41) is 3.81. The van der Waals surface area contributed by atoms with Crippen molar-refractivity contribution in [1.82, 2.24) is 10.1 Å². The van der Waals surface area contributed by atoms with E-state index in [1.54, 1.807) is 0 Å². The van der Waals surface area contributed by atoms with Gasteiger partial charge in [0.2, 0.25) is 11.7 Å². The smallest absolute Gasteiger partial charge is 0.231 e. The van der Waals surface area contributed by atoms with E-state index in [0.717, 1.165) is 31.4 Å². The fraction of sp³-hybridized carbons (Fsp3) is 0.385. The fourth-order valence-corrected chi connectivity index (χ4v) is 2.43. The lowest BCUT2D eigenvalue weighted by Gasteiger charge is -2.08. The van der Waals surface area contributed by atoms with Crippen molar-refractivity contribution in [2.75, 3.05) is 0 Å². The molecule has 1 saturated carbocycles. The van der Waals surface area contributed by atoms with Crippen molar-refractivity contribution in [3.63, 3.8) is 0 Å². The summed E-state index contributed by atoms with van der Waals surface area (Å²) < 4.78 is 31.2. The number of nitrogens with two attached hydrogens (primary N) is 1. The molecule has 2 aromatic rings. The standard InChI is InChI=1S/C13H13F2N3O/c14-9-5-4-7(6-10(9)15)12-17-13(19-18-12)8-2-1-3-11(8)16/h4-6,8,11H,1-3,16H2. The largest absolute Gasteiger partial charge is 0.339 e. The van der Waals surface area contributed by atoms with Crippen LogP contribution in [0.15, 0.2) is 22.7 Å². The first-order chi connectivity index (χ1) is 9.15. The first kappa shape index (κ1) is 12.2. The second-order valence-electron chi connectivity index (χ2n) is 4.79. The van der Waals surface area contributed by atoms with Crippen LogP contribution in [-0.2, 0) is 0 Å². The van der Waals surface area contributed by atoms with E-state index in [1.807, 2.05) is 0 Å². The highest BCUT2D eigenvalue weighted by molar-refractivity contribution is 5.54. The third-order valence-electron chi connectivity index (χ3n) is 3.51. The molecule has 1 fully saturated rings. The molecule has 6 heteroatoms. The molecule has 0 saturated heterocycles. The van der Waals surface area contributed by atoms with Crippen LogP contribution in [0.4, 0.5) is 8.78 Å². The van der Waals surface area contributed by atoms with Gasteiger partial charge < -0.3 is 10.3 Å². The number of halogens is 2. The molecule has 2 N–H and O–H groups in total. The first-order valence-electron chi connectivity index (χ1n) is 6.20. The molecule has 3 rings (SSSR count). The molecule has 100 valence electrons. The summed E-state index contributed by atoms with van der Waals surface area (Å²) >= 11 is 0. The minimum Gasteiger partial charge on any atom is -0.339 e. The quantitative estimate of drug-likeness (QED) is 0.906. The second-order valence-corrected chi connectivity index (χ2v) is 4.79. The number of aromatic nitrogens is 2. The van der Waals surface area contributed by atoms with Gasteiger partial charge >= 0.3 is 0 Å². The first-order valence-corrected chi connectivity index (χ1v) is 6.20. The van der Waals surface area contributed by atoms with Crippen molar-refractivity contribution in [3.8, 4) is 11.4 Å². The highest BCUT2D eigenvalue weighted by Gasteiger charge is 2.30. The van der Waals surface area contributed by atoms with Crippen LogP contribution < -0.4 is 5.73 Å². The fourth-order valence-electron chi connectivity index (χ4n) is 2.43. The van der Waals surface area contributed by atoms with Gasteiger partial charge in [0.25, 0.3) is 0 Å². The lowest BCUT2D eigenvalue weighted by molar-refractivity contribution is 0.345. The summed E-state index contributed by atoms with van der Waals surface area (Å²) in [4.78, 5) is 4.24. The van der Waals surface area contributed by atoms with E-state index >= 15 is 0 Å². The van der Waals surface area contributed by atoms with Crippen molar-refractivity contribution in [2.45, 2.75) is 31.2 Å². The van der Waals surface area contributed by atoms with Crippen LogP contribution in [0, 0.1) is 11.6 Å². The maximum atomic E-state index is 13.2. The lowest BCUT2D eigenvalue weighted by Crippen LogP contribution is -2.22. The van der Waals surface area contributed by atoms with Gasteiger partial charge in [-0.05, 0) is 31.0 Å². The second kappa shape index (κ2) is 4.70. The summed E-state index contributed by atoms with van der Waals surface area (Å²) in [6, 6.07) is 3.54. The minimum absolute atomic E-state index is 0.0262. The molecule has 1 heterocycles. The zero-order valence-corrected chi connectivity index (χ0v) is 10.1. The molecule has 0 spiro atoms. The van der Waals surface area contributed by atoms with E-state index in [4.69, 9.17) is 10.3 Å². The Morgan fingerprint density at radius 1 is 1.21 bits per heavy atom. The zero-order chi connectivity index (χ0) is 13.4. The van der Waals surface area contributed by atoms with Crippen LogP contribution in [0.5, 0.6) is 0 Å². The predicted octanol–water partition coefficient (Wildman–Crippen LogP) is 2.61. The van der Waals surface area contributed by atoms with Crippen molar-refractivity contribution >= 4 is 0 Å². The topological polar surface area (TPSA) is 64.9 Å². The molecule has 1 aliphatic carbocycles. The molecule has 0 bridgehead atoms. The summed E-state index contributed by atoms with van der Waals surface area (Å²) in [6.07, 6.45) is 2.89. The Hall–Kier alpha value is -1.82. The van der Waals surface area contributed by atoms with Crippen LogP contribution in [0.3, 0.4) is 0 Å². The molecular formula is C13H13F2N3O. The van der Waals surface area contributed by atoms with E-state index in [-0.39, 0.29) is 17.8 Å². The van der Waals surface area contributed by atoms with Gasteiger partial charge in [0.05, 0.1) is 5.92 Å². The zero-order valence-electron chi connectivity index (χ0n) is 10.1. The van der Waals surface area contributed by atoms with Gasteiger partial charge in [0.15, 0.2) is 11.6 Å². The van der Waals surface area contributed by atoms with Crippen LogP contribution in [-0.4, -0.2) is 16.2 Å². The number of nitrogens with zero attached hydrogens (tertiary/aromatic N) is 2. The van der Waals surface area contributed by atoms with Crippen molar-refractivity contribution < 1.29 is 13.3 Å². The molecule has 2 atom stereocenters. The molecular weight excluding hydrogens is 252 g/mol. The van der Waals surface area contributed by atoms with Crippen molar-refractivity contribution in [3.05, 3.63) is 35.7 Å². The van der Waals surface area contributed by atoms with Crippen LogP contribution in [0.2, 0.25) is 0 Å². The van der Waals surface area contributed by atoms with E-state index < -0.39 is 11.6 Å². The molecule has 1 aromatic carbocycles. The van der Waals surface area contributed by atoms with E-state index in [9.17, 15) is 8.78 Å². The molecule has 0 radical (unpaired) electrons. The van der Waals surface area contributed by atoms with Gasteiger partial charge in [-0.3, -0.25) is 0 Å². The number of benzene rings is 1. The maximum Gasteiger partial charge on any atom is 0.231 e. The molecule has 1 aromatic heterocycles. The molecule has 2 unspecified atom stereocenters. The number of hydrogen-bond donors (Lipinski definition) is 1. The van der Waals surface area contributed by atoms with E-state index in [1.165, 1.54) is 6.07 Å². The average molecular weight is 265 g/mol. The summed E-state index contributed by atoms with van der Waals surface area (Å²) in [5.41, 5.74) is 6.35.